The molecule has 0 heterocycles. The second-order valence-corrected chi connectivity index (χ2v) is 10.3. The summed E-state index contributed by atoms with van der Waals surface area (Å²) in [5.41, 5.74) is 4.50. The predicted octanol–water partition coefficient (Wildman–Crippen LogP) is 5.99. The fourth-order valence-electron chi connectivity index (χ4n) is 4.19. The van der Waals surface area contributed by atoms with Crippen molar-refractivity contribution in [3.05, 3.63) is 138 Å². The highest BCUT2D eigenvalue weighted by Gasteiger charge is 2.28. The second-order valence-electron chi connectivity index (χ2n) is 8.85. The van der Waals surface area contributed by atoms with Gasteiger partial charge in [0.05, 0.1) is 22.6 Å². The summed E-state index contributed by atoms with van der Waals surface area (Å²) < 4.78 is 13.1. The maximum absolute atomic E-state index is 13.8. The summed E-state index contributed by atoms with van der Waals surface area (Å²) in [6.07, 6.45) is 0.574. The van der Waals surface area contributed by atoms with E-state index in [2.05, 4.69) is 41.3 Å². The van der Waals surface area contributed by atoms with Gasteiger partial charge < -0.3 is 0 Å². The van der Waals surface area contributed by atoms with E-state index >= 15 is 0 Å². The molecule has 0 saturated carbocycles. The Morgan fingerprint density at radius 1 is 0.686 bits per heavy atom. The number of hydrogen-bond acceptors (Lipinski definition) is 3. The van der Waals surface area contributed by atoms with Crippen molar-refractivity contribution in [2.45, 2.75) is 37.4 Å². The van der Waals surface area contributed by atoms with Gasteiger partial charge in [-0.1, -0.05) is 109 Å². The van der Waals surface area contributed by atoms with Gasteiger partial charge >= 0.3 is 0 Å². The first-order valence-electron chi connectivity index (χ1n) is 11.9. The number of aryl methyl sites for hydroxylation is 1. The molecule has 0 amide bonds. The molecule has 0 saturated heterocycles. The quantitative estimate of drug-likeness (QED) is 0.264. The van der Waals surface area contributed by atoms with Crippen LogP contribution in [0.3, 0.4) is 0 Å². The van der Waals surface area contributed by atoms with Gasteiger partial charge in [-0.15, -0.1) is 0 Å². The van der Waals surface area contributed by atoms with Gasteiger partial charge in [0, 0.05) is 18.0 Å². The Balaban J connectivity index is 1.64. The van der Waals surface area contributed by atoms with Crippen molar-refractivity contribution in [3.8, 4) is 0 Å². The summed E-state index contributed by atoms with van der Waals surface area (Å²) in [6.45, 7) is 3.27. The maximum atomic E-state index is 13.8. The van der Waals surface area contributed by atoms with Crippen LogP contribution in [0.5, 0.6) is 0 Å². The Kier molecular flexibility index (Phi) is 8.77. The van der Waals surface area contributed by atoms with E-state index in [0.717, 1.165) is 22.3 Å². The molecule has 0 radical (unpaired) electrons. The molecule has 178 valence electrons. The third-order valence-corrected chi connectivity index (χ3v) is 7.44. The number of rotatable bonds is 11. The topological polar surface area (TPSA) is 37.4 Å². The monoisotopic (exact) mass is 481 g/mol. The van der Waals surface area contributed by atoms with Crippen LogP contribution in [0.2, 0.25) is 0 Å². The van der Waals surface area contributed by atoms with Crippen LogP contribution in [-0.2, 0) is 35.1 Å². The van der Waals surface area contributed by atoms with Crippen molar-refractivity contribution < 1.29 is 9.00 Å². The third-order valence-electron chi connectivity index (χ3n) is 6.10. The molecule has 0 aliphatic rings. The van der Waals surface area contributed by atoms with Gasteiger partial charge in [-0.25, -0.2) is 0 Å². The zero-order valence-electron chi connectivity index (χ0n) is 20.0. The normalized spacial score (nSPS) is 12.9. The van der Waals surface area contributed by atoms with Gasteiger partial charge in [-0.2, -0.15) is 0 Å². The fraction of sp³-hybridized carbons (Fsp3) is 0.194. The van der Waals surface area contributed by atoms with Crippen molar-refractivity contribution >= 4 is 16.6 Å². The predicted molar refractivity (Wildman–Crippen MR) is 144 cm³/mol. The molecule has 35 heavy (non-hydrogen) atoms. The van der Waals surface area contributed by atoms with Gasteiger partial charge in [0.15, 0.2) is 5.78 Å². The summed E-state index contributed by atoms with van der Waals surface area (Å²) in [5.74, 6) is 0.000287. The van der Waals surface area contributed by atoms with Crippen molar-refractivity contribution in [2.75, 3.05) is 5.75 Å². The summed E-state index contributed by atoms with van der Waals surface area (Å²) in [4.78, 5) is 16.7. The SMILES string of the molecule is Cc1ccc([S@](=O)CC(=O)[C@H](Cc2ccccc2)N(Cc2ccccc2)Cc2ccccc2)cc1. The lowest BCUT2D eigenvalue weighted by Crippen LogP contribution is -2.43. The molecule has 3 nitrogen and oxygen atoms in total. The zero-order chi connectivity index (χ0) is 24.5. The van der Waals surface area contributed by atoms with Gasteiger partial charge in [0.1, 0.15) is 0 Å². The number of carbonyl (C=O) groups is 1. The molecule has 0 aliphatic heterocycles. The van der Waals surface area contributed by atoms with Gasteiger partial charge in [-0.05, 0) is 42.2 Å². The lowest BCUT2D eigenvalue weighted by Gasteiger charge is -2.31. The van der Waals surface area contributed by atoms with Crippen LogP contribution in [-0.4, -0.2) is 26.7 Å². The Bertz CT molecular complexity index is 1180. The Morgan fingerprint density at radius 2 is 1.14 bits per heavy atom. The first-order chi connectivity index (χ1) is 17.1. The molecule has 4 rings (SSSR count). The van der Waals surface area contributed by atoms with Gasteiger partial charge in [-0.3, -0.25) is 13.9 Å². The number of Topliss-reactive ketones (excluding diaryl/α,β-unsaturated/α-hetero) is 1. The molecule has 0 bridgehead atoms. The molecule has 4 aromatic carbocycles. The van der Waals surface area contributed by atoms with Crippen LogP contribution in [0.25, 0.3) is 0 Å². The summed E-state index contributed by atoms with van der Waals surface area (Å²) >= 11 is 0. The molecule has 0 fully saturated rings. The minimum atomic E-state index is -1.39. The Morgan fingerprint density at radius 3 is 1.63 bits per heavy atom. The zero-order valence-corrected chi connectivity index (χ0v) is 20.9. The first kappa shape index (κ1) is 24.8. The number of benzene rings is 4. The van der Waals surface area contributed by atoms with Crippen LogP contribution in [0.1, 0.15) is 22.3 Å². The van der Waals surface area contributed by atoms with E-state index in [0.29, 0.717) is 24.4 Å². The highest BCUT2D eigenvalue weighted by atomic mass is 32.2. The van der Waals surface area contributed by atoms with E-state index in [1.165, 1.54) is 0 Å². The van der Waals surface area contributed by atoms with E-state index in [4.69, 9.17) is 0 Å². The molecule has 0 aromatic heterocycles. The second kappa shape index (κ2) is 12.4. The lowest BCUT2D eigenvalue weighted by atomic mass is 9.99. The smallest absolute Gasteiger partial charge is 0.163 e. The number of ketones is 1. The molecular weight excluding hydrogens is 450 g/mol. The average molecular weight is 482 g/mol. The van der Waals surface area contributed by atoms with Crippen LogP contribution >= 0.6 is 0 Å². The van der Waals surface area contributed by atoms with Crippen LogP contribution in [0.4, 0.5) is 0 Å². The average Bonchev–Trinajstić information content (AvgIpc) is 2.89. The highest BCUT2D eigenvalue weighted by Crippen LogP contribution is 2.19. The lowest BCUT2D eigenvalue weighted by molar-refractivity contribution is -0.122. The molecular formula is C31H31NO2S. The Hall–Kier alpha value is -3.34. The maximum Gasteiger partial charge on any atom is 0.163 e. The minimum Gasteiger partial charge on any atom is -0.297 e. The molecule has 0 spiro atoms. The van der Waals surface area contributed by atoms with Crippen molar-refractivity contribution in [1.29, 1.82) is 0 Å². The van der Waals surface area contributed by atoms with Crippen molar-refractivity contribution in [3.63, 3.8) is 0 Å². The number of nitrogens with zero attached hydrogens (tertiary/aromatic N) is 1. The standard InChI is InChI=1S/C31H31NO2S/c1-25-17-19-29(20-18-25)35(34)24-31(33)30(21-26-11-5-2-6-12-26)32(22-27-13-7-3-8-14-27)23-28-15-9-4-10-16-28/h2-20,30H,21-24H2,1H3/t30-,35+/m0/s1. The Labute approximate surface area is 210 Å². The number of hydrogen-bond donors (Lipinski definition) is 0. The van der Waals surface area contributed by atoms with E-state index < -0.39 is 16.8 Å². The molecule has 4 heteroatoms. The molecule has 0 unspecified atom stereocenters. The van der Waals surface area contributed by atoms with E-state index in [1.54, 1.807) is 0 Å². The van der Waals surface area contributed by atoms with E-state index in [-0.39, 0.29) is 11.5 Å². The minimum absolute atomic E-state index is 0.000348. The van der Waals surface area contributed by atoms with Crippen LogP contribution in [0.15, 0.2) is 120 Å². The summed E-state index contributed by atoms with van der Waals surface area (Å²) in [5, 5.41) is 0. The van der Waals surface area contributed by atoms with Gasteiger partial charge in [0.25, 0.3) is 0 Å². The molecule has 2 atom stereocenters. The molecule has 0 aliphatic carbocycles. The van der Waals surface area contributed by atoms with Crippen molar-refractivity contribution in [1.82, 2.24) is 4.90 Å². The van der Waals surface area contributed by atoms with E-state index in [1.807, 2.05) is 85.8 Å². The summed E-state index contributed by atoms with van der Waals surface area (Å²) in [6, 6.07) is 37.8. The number of carbonyl (C=O) groups excluding carboxylic acids is 1. The largest absolute Gasteiger partial charge is 0.297 e. The molecule has 4 aromatic rings. The van der Waals surface area contributed by atoms with E-state index in [9.17, 15) is 9.00 Å². The highest BCUT2D eigenvalue weighted by molar-refractivity contribution is 7.85. The van der Waals surface area contributed by atoms with Crippen LogP contribution in [0, 0.1) is 6.92 Å². The third kappa shape index (κ3) is 7.32. The first-order valence-corrected chi connectivity index (χ1v) is 13.2. The summed E-state index contributed by atoms with van der Waals surface area (Å²) in [7, 11) is -1.39. The molecule has 0 N–H and O–H groups in total. The fourth-order valence-corrected chi connectivity index (χ4v) is 5.25. The van der Waals surface area contributed by atoms with Crippen molar-refractivity contribution in [2.24, 2.45) is 0 Å². The van der Waals surface area contributed by atoms with Gasteiger partial charge in [0.2, 0.25) is 0 Å². The van der Waals surface area contributed by atoms with Crippen LogP contribution < -0.4 is 0 Å².